The van der Waals surface area contributed by atoms with Gasteiger partial charge in [-0.3, -0.25) is 9.36 Å². The van der Waals surface area contributed by atoms with Crippen LogP contribution in [-0.4, -0.2) is 18.0 Å². The first-order chi connectivity index (χ1) is 15.7. The quantitative estimate of drug-likeness (QED) is 0.247. The van der Waals surface area contributed by atoms with Crippen molar-refractivity contribution in [3.8, 4) is 0 Å². The molecule has 0 saturated carbocycles. The summed E-state index contributed by atoms with van der Waals surface area (Å²) in [5.74, 6) is -0.446. The summed E-state index contributed by atoms with van der Waals surface area (Å²) >= 11 is 6.25. The lowest BCUT2D eigenvalue weighted by Gasteiger charge is -2.19. The van der Waals surface area contributed by atoms with E-state index in [0.29, 0.717) is 26.0 Å². The van der Waals surface area contributed by atoms with E-state index in [4.69, 9.17) is 16.1 Å². The molecule has 4 aromatic rings. The van der Waals surface area contributed by atoms with Crippen molar-refractivity contribution < 1.29 is 18.6 Å². The van der Waals surface area contributed by atoms with Crippen molar-refractivity contribution in [3.63, 3.8) is 0 Å². The van der Waals surface area contributed by atoms with Crippen LogP contribution in [0.2, 0.25) is 5.02 Å². The van der Waals surface area contributed by atoms with E-state index in [1.165, 1.54) is 19.5 Å². The lowest BCUT2D eigenvalue weighted by atomic mass is 10.2. The highest BCUT2D eigenvalue weighted by molar-refractivity contribution is 7.75. The summed E-state index contributed by atoms with van der Waals surface area (Å²) in [6, 6.07) is 14.0. The molecule has 2 aromatic heterocycles. The number of aromatic nitrogens is 2. The van der Waals surface area contributed by atoms with E-state index in [-0.39, 0.29) is 17.5 Å². The van der Waals surface area contributed by atoms with Crippen molar-refractivity contribution in [1.82, 2.24) is 10.3 Å². The van der Waals surface area contributed by atoms with Crippen LogP contribution in [0.25, 0.3) is 10.9 Å². The van der Waals surface area contributed by atoms with E-state index >= 15 is 0 Å². The lowest BCUT2D eigenvalue weighted by Crippen LogP contribution is -2.30. The van der Waals surface area contributed by atoms with Crippen molar-refractivity contribution in [1.29, 1.82) is 0 Å². The molecule has 0 spiro atoms. The van der Waals surface area contributed by atoms with Gasteiger partial charge in [0.25, 0.3) is 13.3 Å². The smallest absolute Gasteiger partial charge is 0.268 e. The van der Waals surface area contributed by atoms with E-state index in [1.807, 2.05) is 32.0 Å². The predicted octanol–water partition coefficient (Wildman–Crippen LogP) is 3.88. The minimum absolute atomic E-state index is 0.145. The number of amides is 1. The maximum Gasteiger partial charge on any atom is 0.268 e. The topological polar surface area (TPSA) is 98.1 Å². The number of carbonyl (C=O) groups excluding carboxylic acids is 1. The molecule has 4 rings (SSSR count). The zero-order chi connectivity index (χ0) is 23.8. The Morgan fingerprint density at radius 2 is 1.79 bits per heavy atom. The highest BCUT2D eigenvalue weighted by atomic mass is 35.5. The van der Waals surface area contributed by atoms with Crippen LogP contribution >= 0.6 is 19.0 Å². The van der Waals surface area contributed by atoms with E-state index in [1.54, 1.807) is 30.3 Å². The van der Waals surface area contributed by atoms with Gasteiger partial charge in [-0.25, -0.2) is 0 Å². The third-order valence-corrected chi connectivity index (χ3v) is 8.12. The highest BCUT2D eigenvalue weighted by Crippen LogP contribution is 2.47. The van der Waals surface area contributed by atoms with Gasteiger partial charge in [0.2, 0.25) is 0 Å². The Morgan fingerprint density at radius 1 is 1.12 bits per heavy atom. The van der Waals surface area contributed by atoms with E-state index in [0.717, 1.165) is 16.7 Å². The molecule has 9 heteroatoms. The molecule has 0 aliphatic heterocycles. The molecule has 170 valence electrons. The second kappa shape index (κ2) is 9.02. The van der Waals surface area contributed by atoms with E-state index in [2.05, 4.69) is 10.3 Å². The number of hydrogen-bond acceptors (Lipinski definition) is 4. The number of pyridine rings is 1. The van der Waals surface area contributed by atoms with Crippen molar-refractivity contribution in [2.24, 2.45) is 0 Å². The molecule has 0 radical (unpaired) electrons. The van der Waals surface area contributed by atoms with Crippen LogP contribution < -0.4 is 20.7 Å². The molecule has 33 heavy (non-hydrogen) atoms. The van der Waals surface area contributed by atoms with Crippen LogP contribution in [0.1, 0.15) is 27.2 Å². The summed E-state index contributed by atoms with van der Waals surface area (Å²) in [6.45, 7) is 4.03. The number of hydrogen-bond donors (Lipinski definition) is 2. The Bertz CT molecular complexity index is 1380. The van der Waals surface area contributed by atoms with Crippen molar-refractivity contribution in [3.05, 3.63) is 93.5 Å². The number of nitrogens with zero attached hydrogens (tertiary/aromatic N) is 1. The summed E-state index contributed by atoms with van der Waals surface area (Å²) in [7, 11) is -2.28. The van der Waals surface area contributed by atoms with Gasteiger partial charge in [-0.05, 0) is 49.7 Å². The second-order valence-corrected chi connectivity index (χ2v) is 10.7. The number of H-pyrrole nitrogens is 1. The molecule has 1 unspecified atom stereocenters. The van der Waals surface area contributed by atoms with Gasteiger partial charge in [-0.1, -0.05) is 28.8 Å². The monoisotopic (exact) mass is 483 g/mol. The number of nitrogens with one attached hydrogen (secondary N) is 2. The number of rotatable bonds is 6. The molecule has 7 nitrogen and oxygen atoms in total. The standard InChI is InChI=1S/C24H23ClN3O4P/c1-15-10-16(2)12-19(11-15)33(31,32-3)23-20-13-18(25)4-5-21(20)27-22(23)24(29)26-14-17-6-8-28(30)9-7-17/h4-13,27H,14H2,1-3H3,(H,26,29). The summed E-state index contributed by atoms with van der Waals surface area (Å²) in [4.78, 5) is 16.4. The zero-order valence-electron chi connectivity index (χ0n) is 18.4. The molecule has 0 aliphatic rings. The van der Waals surface area contributed by atoms with Crippen molar-refractivity contribution in [2.45, 2.75) is 20.4 Å². The summed E-state index contributed by atoms with van der Waals surface area (Å²) in [6.07, 6.45) is 2.72. The van der Waals surface area contributed by atoms with E-state index in [9.17, 15) is 14.6 Å². The van der Waals surface area contributed by atoms with Gasteiger partial charge >= 0.3 is 0 Å². The van der Waals surface area contributed by atoms with Crippen LogP contribution in [0.4, 0.5) is 0 Å². The largest absolute Gasteiger partial charge is 0.619 e. The average Bonchev–Trinajstić information content (AvgIpc) is 3.16. The van der Waals surface area contributed by atoms with Gasteiger partial charge in [-0.15, -0.1) is 0 Å². The highest BCUT2D eigenvalue weighted by Gasteiger charge is 2.36. The predicted molar refractivity (Wildman–Crippen MR) is 130 cm³/mol. The van der Waals surface area contributed by atoms with Crippen LogP contribution in [0.5, 0.6) is 0 Å². The molecule has 0 bridgehead atoms. The van der Waals surface area contributed by atoms with Gasteiger partial charge in [0.15, 0.2) is 12.4 Å². The number of fused-ring (bicyclic) bond motifs is 1. The van der Waals surface area contributed by atoms with Crippen molar-refractivity contribution >= 4 is 46.4 Å². The third kappa shape index (κ3) is 4.53. The molecule has 1 atom stereocenters. The molecule has 2 aromatic carbocycles. The number of aryl methyl sites for hydroxylation is 2. The molecular formula is C24H23ClN3O4P. The first-order valence-electron chi connectivity index (χ1n) is 10.2. The summed E-state index contributed by atoms with van der Waals surface area (Å²) in [5.41, 5.74) is 3.39. The van der Waals surface area contributed by atoms with Crippen LogP contribution in [0.3, 0.4) is 0 Å². The minimum Gasteiger partial charge on any atom is -0.619 e. The fraction of sp³-hybridized carbons (Fsp3) is 0.167. The Kier molecular flexibility index (Phi) is 6.30. The Balaban J connectivity index is 1.84. The van der Waals surface area contributed by atoms with Crippen LogP contribution in [-0.2, 0) is 15.6 Å². The molecule has 1 amide bonds. The van der Waals surface area contributed by atoms with Gasteiger partial charge in [-0.2, -0.15) is 4.73 Å². The number of aromatic amines is 1. The van der Waals surface area contributed by atoms with Crippen LogP contribution in [0, 0.1) is 19.1 Å². The molecular weight excluding hydrogens is 461 g/mol. The average molecular weight is 484 g/mol. The maximum absolute atomic E-state index is 14.4. The van der Waals surface area contributed by atoms with Crippen LogP contribution in [0.15, 0.2) is 60.9 Å². The SMILES string of the molecule is COP(=O)(c1cc(C)cc(C)c1)c1c(C(=O)NCc2cc[n+]([O-])cc2)[nH]c2ccc(Cl)cc12. The summed E-state index contributed by atoms with van der Waals surface area (Å²) < 4.78 is 20.7. The first-order valence-corrected chi connectivity index (χ1v) is 12.2. The molecule has 0 aliphatic carbocycles. The Hall–Kier alpha value is -3.12. The van der Waals surface area contributed by atoms with Gasteiger partial charge in [0.05, 0.1) is 5.30 Å². The van der Waals surface area contributed by atoms with Gasteiger partial charge in [0, 0.05) is 47.0 Å². The first kappa shape index (κ1) is 23.1. The number of halogens is 1. The fourth-order valence-electron chi connectivity index (χ4n) is 3.90. The molecule has 2 N–H and O–H groups in total. The minimum atomic E-state index is -3.67. The van der Waals surface area contributed by atoms with Gasteiger partial charge < -0.3 is 20.0 Å². The molecule has 0 fully saturated rings. The van der Waals surface area contributed by atoms with Gasteiger partial charge in [0.1, 0.15) is 5.69 Å². The fourth-order valence-corrected chi connectivity index (χ4v) is 6.42. The zero-order valence-corrected chi connectivity index (χ0v) is 20.0. The van der Waals surface area contributed by atoms with Crippen molar-refractivity contribution in [2.75, 3.05) is 7.11 Å². The lowest BCUT2D eigenvalue weighted by molar-refractivity contribution is -0.605. The molecule has 2 heterocycles. The van der Waals surface area contributed by atoms with E-state index < -0.39 is 13.3 Å². The normalized spacial score (nSPS) is 13.1. The number of benzene rings is 2. The third-order valence-electron chi connectivity index (χ3n) is 5.38. The summed E-state index contributed by atoms with van der Waals surface area (Å²) in [5, 5.41) is 15.9. The molecule has 0 saturated heterocycles. The number of carbonyl (C=O) groups is 1. The Labute approximate surface area is 196 Å². The second-order valence-electron chi connectivity index (χ2n) is 7.87. The Morgan fingerprint density at radius 3 is 2.42 bits per heavy atom. The maximum atomic E-state index is 14.4.